The van der Waals surface area contributed by atoms with Crippen LogP contribution in [0, 0.1) is 11.8 Å². The molecule has 3 unspecified atom stereocenters. The van der Waals surface area contributed by atoms with Gasteiger partial charge >= 0.3 is 0 Å². The van der Waals surface area contributed by atoms with Crippen molar-refractivity contribution >= 4 is 11.8 Å². The minimum Gasteiger partial charge on any atom is -0.396 e. The summed E-state index contributed by atoms with van der Waals surface area (Å²) in [5.74, 6) is 0.219. The van der Waals surface area contributed by atoms with E-state index in [9.17, 15) is 14.7 Å². The summed E-state index contributed by atoms with van der Waals surface area (Å²) in [5, 5.41) is 12.3. The Morgan fingerprint density at radius 3 is 2.74 bits per heavy atom. The number of carbonyl (C=O) groups is 2. The van der Waals surface area contributed by atoms with Crippen LogP contribution in [0.4, 0.5) is 0 Å². The Morgan fingerprint density at radius 1 is 1.26 bits per heavy atom. The largest absolute Gasteiger partial charge is 0.396 e. The molecular formula is C14H24N2O3. The van der Waals surface area contributed by atoms with Gasteiger partial charge in [-0.3, -0.25) is 9.59 Å². The Hall–Kier alpha value is -1.10. The van der Waals surface area contributed by atoms with E-state index in [2.05, 4.69) is 5.32 Å². The number of rotatable bonds is 3. The summed E-state index contributed by atoms with van der Waals surface area (Å²) in [6.07, 6.45) is 4.77. The van der Waals surface area contributed by atoms with Crippen molar-refractivity contribution in [3.05, 3.63) is 0 Å². The Morgan fingerprint density at radius 2 is 2.05 bits per heavy atom. The van der Waals surface area contributed by atoms with Crippen molar-refractivity contribution < 1.29 is 14.7 Å². The Balaban J connectivity index is 1.87. The summed E-state index contributed by atoms with van der Waals surface area (Å²) in [5.41, 5.74) is 0. The second-order valence-corrected chi connectivity index (χ2v) is 5.79. The van der Waals surface area contributed by atoms with E-state index in [1.54, 1.807) is 11.8 Å². The summed E-state index contributed by atoms with van der Waals surface area (Å²) < 4.78 is 0. The molecule has 1 saturated heterocycles. The SMILES string of the molecule is CC(=O)N1CCCC(C(=O)NC2CCCC2CO)C1. The zero-order valence-corrected chi connectivity index (χ0v) is 11.6. The maximum atomic E-state index is 12.3. The number of aliphatic hydroxyl groups is 1. The third-order valence-electron chi connectivity index (χ3n) is 4.46. The predicted octanol–water partition coefficient (Wildman–Crippen LogP) is 0.522. The predicted molar refractivity (Wildman–Crippen MR) is 71.3 cm³/mol. The van der Waals surface area contributed by atoms with Crippen LogP contribution < -0.4 is 5.32 Å². The summed E-state index contributed by atoms with van der Waals surface area (Å²) in [7, 11) is 0. The average molecular weight is 268 g/mol. The van der Waals surface area contributed by atoms with Crippen LogP contribution >= 0.6 is 0 Å². The summed E-state index contributed by atoms with van der Waals surface area (Å²) in [6, 6.07) is 0.116. The van der Waals surface area contributed by atoms with Crippen LogP contribution in [0.3, 0.4) is 0 Å². The lowest BCUT2D eigenvalue weighted by molar-refractivity contribution is -0.134. The fraction of sp³-hybridized carbons (Fsp3) is 0.857. The van der Waals surface area contributed by atoms with Crippen molar-refractivity contribution in [3.63, 3.8) is 0 Å². The first-order chi connectivity index (χ1) is 9.11. The van der Waals surface area contributed by atoms with Crippen molar-refractivity contribution in [1.29, 1.82) is 0 Å². The van der Waals surface area contributed by atoms with Gasteiger partial charge in [0.25, 0.3) is 0 Å². The van der Waals surface area contributed by atoms with Gasteiger partial charge in [0.1, 0.15) is 0 Å². The first-order valence-electron chi connectivity index (χ1n) is 7.28. The molecule has 0 bridgehead atoms. The number of carbonyl (C=O) groups excluding carboxylic acids is 2. The van der Waals surface area contributed by atoms with Crippen molar-refractivity contribution in [1.82, 2.24) is 10.2 Å². The number of aliphatic hydroxyl groups excluding tert-OH is 1. The van der Waals surface area contributed by atoms with Crippen molar-refractivity contribution in [2.45, 2.75) is 45.1 Å². The van der Waals surface area contributed by atoms with E-state index in [4.69, 9.17) is 0 Å². The lowest BCUT2D eigenvalue weighted by Gasteiger charge is -2.32. The van der Waals surface area contributed by atoms with Crippen molar-refractivity contribution in [2.75, 3.05) is 19.7 Å². The molecule has 108 valence electrons. The fourth-order valence-corrected chi connectivity index (χ4v) is 3.22. The van der Waals surface area contributed by atoms with E-state index >= 15 is 0 Å². The van der Waals surface area contributed by atoms with Crippen LogP contribution in [0.15, 0.2) is 0 Å². The molecule has 2 aliphatic rings. The number of nitrogens with zero attached hydrogens (tertiary/aromatic N) is 1. The minimum atomic E-state index is -0.0856. The molecule has 5 nitrogen and oxygen atoms in total. The first-order valence-corrected chi connectivity index (χ1v) is 7.28. The quantitative estimate of drug-likeness (QED) is 0.784. The van der Waals surface area contributed by atoms with E-state index in [0.717, 1.165) is 38.6 Å². The molecule has 19 heavy (non-hydrogen) atoms. The lowest BCUT2D eigenvalue weighted by atomic mass is 9.96. The molecule has 0 spiro atoms. The molecule has 2 amide bonds. The fourth-order valence-electron chi connectivity index (χ4n) is 3.22. The molecule has 0 aromatic carbocycles. The molecule has 1 saturated carbocycles. The van der Waals surface area contributed by atoms with Gasteiger partial charge in [-0.1, -0.05) is 6.42 Å². The third kappa shape index (κ3) is 3.47. The second kappa shape index (κ2) is 6.37. The molecule has 0 radical (unpaired) electrons. The third-order valence-corrected chi connectivity index (χ3v) is 4.46. The highest BCUT2D eigenvalue weighted by Gasteiger charge is 2.32. The van der Waals surface area contributed by atoms with Gasteiger partial charge < -0.3 is 15.3 Å². The highest BCUT2D eigenvalue weighted by atomic mass is 16.3. The van der Waals surface area contributed by atoms with Gasteiger partial charge in [0.2, 0.25) is 11.8 Å². The van der Waals surface area contributed by atoms with Gasteiger partial charge in [0, 0.05) is 38.6 Å². The topological polar surface area (TPSA) is 69.6 Å². The minimum absolute atomic E-state index is 0.0478. The molecule has 0 aromatic heterocycles. The zero-order valence-electron chi connectivity index (χ0n) is 11.6. The molecule has 2 rings (SSSR count). The summed E-state index contributed by atoms with van der Waals surface area (Å²) in [4.78, 5) is 25.4. The van der Waals surface area contributed by atoms with Gasteiger partial charge in [-0.15, -0.1) is 0 Å². The van der Waals surface area contributed by atoms with Gasteiger partial charge in [-0.2, -0.15) is 0 Å². The van der Waals surface area contributed by atoms with Crippen LogP contribution in [0.1, 0.15) is 39.0 Å². The summed E-state index contributed by atoms with van der Waals surface area (Å²) in [6.45, 7) is 3.01. The molecule has 2 fully saturated rings. The highest BCUT2D eigenvalue weighted by molar-refractivity contribution is 5.81. The Labute approximate surface area is 114 Å². The smallest absolute Gasteiger partial charge is 0.225 e. The molecule has 3 atom stereocenters. The second-order valence-electron chi connectivity index (χ2n) is 5.79. The van der Waals surface area contributed by atoms with Crippen molar-refractivity contribution in [2.24, 2.45) is 11.8 Å². The number of hydrogen-bond donors (Lipinski definition) is 2. The Kier molecular flexibility index (Phi) is 4.80. The van der Waals surface area contributed by atoms with E-state index < -0.39 is 0 Å². The van der Waals surface area contributed by atoms with Crippen LogP contribution in [0.2, 0.25) is 0 Å². The standard InChI is InChI=1S/C14H24N2O3/c1-10(18)16-7-3-5-11(8-16)14(19)15-13-6-2-4-12(13)9-17/h11-13,17H,2-9H2,1H3,(H,15,19). The van der Waals surface area contributed by atoms with Gasteiger partial charge in [-0.05, 0) is 25.7 Å². The van der Waals surface area contributed by atoms with Crippen LogP contribution in [0.25, 0.3) is 0 Å². The number of piperidine rings is 1. The Bertz CT molecular complexity index is 346. The van der Waals surface area contributed by atoms with Crippen LogP contribution in [0.5, 0.6) is 0 Å². The molecule has 1 aliphatic heterocycles. The molecule has 1 aliphatic carbocycles. The van der Waals surface area contributed by atoms with E-state index in [1.807, 2.05) is 0 Å². The normalized spacial score (nSPS) is 31.3. The van der Waals surface area contributed by atoms with Crippen molar-refractivity contribution in [3.8, 4) is 0 Å². The maximum Gasteiger partial charge on any atom is 0.225 e. The molecule has 0 aromatic rings. The molecule has 1 heterocycles. The van der Waals surface area contributed by atoms with E-state index in [-0.39, 0.29) is 36.3 Å². The monoisotopic (exact) mass is 268 g/mol. The van der Waals surface area contributed by atoms with Crippen LogP contribution in [-0.2, 0) is 9.59 Å². The molecule has 2 N–H and O–H groups in total. The number of likely N-dealkylation sites (tertiary alicyclic amines) is 1. The van der Waals surface area contributed by atoms with Gasteiger partial charge in [-0.25, -0.2) is 0 Å². The van der Waals surface area contributed by atoms with Crippen LogP contribution in [-0.4, -0.2) is 47.6 Å². The zero-order chi connectivity index (χ0) is 13.8. The highest BCUT2D eigenvalue weighted by Crippen LogP contribution is 2.26. The lowest BCUT2D eigenvalue weighted by Crippen LogP contribution is -2.48. The number of amides is 2. The van der Waals surface area contributed by atoms with E-state index in [0.29, 0.717) is 6.54 Å². The number of nitrogens with one attached hydrogen (secondary N) is 1. The average Bonchev–Trinajstić information content (AvgIpc) is 2.86. The van der Waals surface area contributed by atoms with E-state index in [1.165, 1.54) is 0 Å². The molecular weight excluding hydrogens is 244 g/mol. The number of hydrogen-bond acceptors (Lipinski definition) is 3. The van der Waals surface area contributed by atoms with Gasteiger partial charge in [0.15, 0.2) is 0 Å². The maximum absolute atomic E-state index is 12.3. The molecule has 5 heteroatoms. The van der Waals surface area contributed by atoms with Gasteiger partial charge in [0.05, 0.1) is 5.92 Å². The first kappa shape index (κ1) is 14.3. The summed E-state index contributed by atoms with van der Waals surface area (Å²) >= 11 is 0.